The quantitative estimate of drug-likeness (QED) is 0.603. The van der Waals surface area contributed by atoms with Crippen LogP contribution in [0.15, 0.2) is 6.07 Å². The molecule has 0 aliphatic carbocycles. The minimum Gasteiger partial charge on any atom is -0.495 e. The Bertz CT molecular complexity index is 590. The molecule has 142 valence electrons. The Balaban J connectivity index is 0.00000312. The minimum absolute atomic E-state index is 0. The molecule has 2 atom stereocenters. The van der Waals surface area contributed by atoms with Crippen LogP contribution in [0.1, 0.15) is 60.9 Å². The number of methoxy groups -OCH3 is 1. The van der Waals surface area contributed by atoms with Gasteiger partial charge in [-0.2, -0.15) is 0 Å². The molecule has 1 aliphatic heterocycles. The Labute approximate surface area is 160 Å². The van der Waals surface area contributed by atoms with Crippen LogP contribution in [0.3, 0.4) is 0 Å². The Morgan fingerprint density at radius 1 is 1.56 bits per heavy atom. The standard InChI is InChI=1S/C18H27ClN2O3.ClH/c1-3-4-7-12(11-6-5-8-21-10-11)15-16(20)14(19)9-13(18(22)23)17(15)24-2;/h9,11-12,21H,3-8,10,20H2,1-2H3,(H,22,23);1H. The molecule has 0 bridgehead atoms. The third-order valence-corrected chi connectivity index (χ3v) is 5.20. The Hall–Kier alpha value is -1.17. The summed E-state index contributed by atoms with van der Waals surface area (Å²) in [7, 11) is 1.49. The van der Waals surface area contributed by atoms with Crippen LogP contribution < -0.4 is 15.8 Å². The van der Waals surface area contributed by atoms with E-state index in [4.69, 9.17) is 22.1 Å². The van der Waals surface area contributed by atoms with Crippen LogP contribution in [-0.4, -0.2) is 31.3 Å². The van der Waals surface area contributed by atoms with Crippen LogP contribution in [0.5, 0.6) is 5.75 Å². The van der Waals surface area contributed by atoms with Crippen LogP contribution in [-0.2, 0) is 0 Å². The molecule has 1 heterocycles. The van der Waals surface area contributed by atoms with Gasteiger partial charge in [-0.3, -0.25) is 0 Å². The topological polar surface area (TPSA) is 84.6 Å². The van der Waals surface area contributed by atoms with Gasteiger partial charge in [-0.05, 0) is 50.3 Å². The number of aromatic carboxylic acids is 1. The van der Waals surface area contributed by atoms with Gasteiger partial charge in [0.1, 0.15) is 11.3 Å². The fourth-order valence-corrected chi connectivity index (χ4v) is 3.89. The molecule has 0 aromatic heterocycles. The zero-order chi connectivity index (χ0) is 17.7. The average Bonchev–Trinajstić information content (AvgIpc) is 2.59. The van der Waals surface area contributed by atoms with Crippen LogP contribution >= 0.6 is 24.0 Å². The molecule has 0 radical (unpaired) electrons. The number of rotatable bonds is 7. The second-order valence-electron chi connectivity index (χ2n) is 6.43. The highest BCUT2D eigenvalue weighted by atomic mass is 35.5. The highest BCUT2D eigenvalue weighted by Gasteiger charge is 2.32. The van der Waals surface area contributed by atoms with Gasteiger partial charge in [0.15, 0.2) is 0 Å². The first kappa shape index (κ1) is 21.9. The average molecular weight is 391 g/mol. The number of benzene rings is 1. The summed E-state index contributed by atoms with van der Waals surface area (Å²) in [5, 5.41) is 13.2. The normalized spacial score (nSPS) is 18.3. The summed E-state index contributed by atoms with van der Waals surface area (Å²) in [4.78, 5) is 11.6. The van der Waals surface area contributed by atoms with Crippen molar-refractivity contribution in [2.75, 3.05) is 25.9 Å². The summed E-state index contributed by atoms with van der Waals surface area (Å²) in [5.74, 6) is -0.145. The lowest BCUT2D eigenvalue weighted by molar-refractivity contribution is 0.0693. The molecular weight excluding hydrogens is 363 g/mol. The lowest BCUT2D eigenvalue weighted by atomic mass is 9.77. The number of anilines is 1. The van der Waals surface area contributed by atoms with Crippen molar-refractivity contribution in [2.24, 2.45) is 5.92 Å². The number of carboxylic acids is 1. The zero-order valence-corrected chi connectivity index (χ0v) is 16.4. The molecule has 0 saturated carbocycles. The smallest absolute Gasteiger partial charge is 0.339 e. The van der Waals surface area contributed by atoms with Crippen LogP contribution in [0, 0.1) is 5.92 Å². The highest BCUT2D eigenvalue weighted by molar-refractivity contribution is 6.33. The van der Waals surface area contributed by atoms with Crippen molar-refractivity contribution in [3.8, 4) is 5.75 Å². The van der Waals surface area contributed by atoms with Crippen molar-refractivity contribution < 1.29 is 14.6 Å². The van der Waals surface area contributed by atoms with Gasteiger partial charge in [-0.15, -0.1) is 12.4 Å². The minimum atomic E-state index is -1.05. The van der Waals surface area contributed by atoms with Gasteiger partial charge >= 0.3 is 5.97 Å². The predicted molar refractivity (Wildman–Crippen MR) is 104 cm³/mol. The van der Waals surface area contributed by atoms with E-state index in [1.165, 1.54) is 13.2 Å². The summed E-state index contributed by atoms with van der Waals surface area (Å²) in [6.07, 6.45) is 5.29. The maximum atomic E-state index is 11.6. The van der Waals surface area contributed by atoms with Crippen molar-refractivity contribution in [1.29, 1.82) is 0 Å². The number of hydrogen-bond acceptors (Lipinski definition) is 4. The van der Waals surface area contributed by atoms with Gasteiger partial charge in [0, 0.05) is 5.56 Å². The SMILES string of the molecule is CCCCC(c1c(N)c(Cl)cc(C(=O)O)c1OC)C1CCCNC1.Cl. The molecule has 2 unspecified atom stereocenters. The van der Waals surface area contributed by atoms with E-state index in [2.05, 4.69) is 12.2 Å². The Kier molecular flexibility index (Phi) is 8.83. The maximum absolute atomic E-state index is 11.6. The van der Waals surface area contributed by atoms with Gasteiger partial charge in [-0.25, -0.2) is 4.79 Å². The van der Waals surface area contributed by atoms with Gasteiger partial charge in [0.05, 0.1) is 17.8 Å². The number of hydrogen-bond donors (Lipinski definition) is 3. The van der Waals surface area contributed by atoms with E-state index < -0.39 is 5.97 Å². The first-order valence-corrected chi connectivity index (χ1v) is 8.98. The Morgan fingerprint density at radius 3 is 2.80 bits per heavy atom. The molecule has 5 nitrogen and oxygen atoms in total. The monoisotopic (exact) mass is 390 g/mol. The van der Waals surface area contributed by atoms with E-state index in [1.807, 2.05) is 0 Å². The number of carboxylic acid groups (broad SMARTS) is 1. The summed E-state index contributed by atoms with van der Waals surface area (Å²) in [6.45, 7) is 4.09. The molecule has 2 rings (SSSR count). The molecule has 0 spiro atoms. The fourth-order valence-electron chi connectivity index (χ4n) is 3.67. The molecule has 7 heteroatoms. The number of halogens is 2. The van der Waals surface area contributed by atoms with Crippen molar-refractivity contribution in [1.82, 2.24) is 5.32 Å². The van der Waals surface area contributed by atoms with E-state index in [0.29, 0.717) is 17.4 Å². The lowest BCUT2D eigenvalue weighted by Gasteiger charge is -2.33. The largest absolute Gasteiger partial charge is 0.495 e. The van der Waals surface area contributed by atoms with Crippen LogP contribution in [0.4, 0.5) is 5.69 Å². The summed E-state index contributed by atoms with van der Waals surface area (Å²) < 4.78 is 5.49. The third kappa shape index (κ3) is 4.93. The van der Waals surface area contributed by atoms with Gasteiger partial charge in [0.25, 0.3) is 0 Å². The maximum Gasteiger partial charge on any atom is 0.339 e. The number of nitrogens with one attached hydrogen (secondary N) is 1. The first-order chi connectivity index (χ1) is 11.5. The number of nitrogens with two attached hydrogens (primary N) is 1. The highest BCUT2D eigenvalue weighted by Crippen LogP contribution is 2.45. The van der Waals surface area contributed by atoms with Crippen molar-refractivity contribution in [2.45, 2.75) is 44.9 Å². The van der Waals surface area contributed by atoms with Crippen LogP contribution in [0.2, 0.25) is 5.02 Å². The first-order valence-electron chi connectivity index (χ1n) is 8.61. The van der Waals surface area contributed by atoms with Crippen molar-refractivity contribution >= 4 is 35.7 Å². The number of nitrogen functional groups attached to an aromatic ring is 1. The van der Waals surface area contributed by atoms with Gasteiger partial charge in [0.2, 0.25) is 0 Å². The molecule has 25 heavy (non-hydrogen) atoms. The van der Waals surface area contributed by atoms with Gasteiger partial charge in [-0.1, -0.05) is 31.4 Å². The number of ether oxygens (including phenoxy) is 1. The second-order valence-corrected chi connectivity index (χ2v) is 6.83. The zero-order valence-electron chi connectivity index (χ0n) is 14.8. The molecule has 1 aromatic rings. The van der Waals surface area contributed by atoms with Crippen molar-refractivity contribution in [3.63, 3.8) is 0 Å². The molecule has 1 fully saturated rings. The van der Waals surface area contributed by atoms with E-state index in [0.717, 1.165) is 50.8 Å². The summed E-state index contributed by atoms with van der Waals surface area (Å²) >= 11 is 6.25. The molecule has 0 amide bonds. The molecular formula is C18H28Cl2N2O3. The predicted octanol–water partition coefficient (Wildman–Crippen LogP) is 4.32. The lowest BCUT2D eigenvalue weighted by Crippen LogP contribution is -2.34. The third-order valence-electron chi connectivity index (χ3n) is 4.89. The Morgan fingerprint density at radius 2 is 2.28 bits per heavy atom. The number of unbranched alkanes of at least 4 members (excludes halogenated alkanes) is 1. The molecule has 4 N–H and O–H groups in total. The number of piperidine rings is 1. The van der Waals surface area contributed by atoms with E-state index >= 15 is 0 Å². The molecule has 1 aromatic carbocycles. The summed E-state index contributed by atoms with van der Waals surface area (Å²) in [5.41, 5.74) is 7.58. The van der Waals surface area contributed by atoms with E-state index in [-0.39, 0.29) is 28.9 Å². The summed E-state index contributed by atoms with van der Waals surface area (Å²) in [6, 6.07) is 1.39. The fraction of sp³-hybridized carbons (Fsp3) is 0.611. The molecule has 1 aliphatic rings. The van der Waals surface area contributed by atoms with E-state index in [9.17, 15) is 9.90 Å². The van der Waals surface area contributed by atoms with Crippen molar-refractivity contribution in [3.05, 3.63) is 22.2 Å². The number of carbonyl (C=O) groups is 1. The molecule has 1 saturated heterocycles. The van der Waals surface area contributed by atoms with Crippen LogP contribution in [0.25, 0.3) is 0 Å². The second kappa shape index (κ2) is 10.1. The van der Waals surface area contributed by atoms with Gasteiger partial charge < -0.3 is 20.9 Å². The van der Waals surface area contributed by atoms with E-state index in [1.54, 1.807) is 0 Å².